The Morgan fingerprint density at radius 2 is 2.10 bits per heavy atom. The Balaban J connectivity index is 2.01. The maximum Gasteiger partial charge on any atom is 0.255 e. The standard InChI is InChI=1S/C15H16N4O/c1-11(8-13-6-4-3-5-7-13)9-17-19-15-16-10-12(2)14(20)18-15/h3-10H,1-2H3,(H2,16,18,19,20)/b11-8+,17-9+. The summed E-state index contributed by atoms with van der Waals surface area (Å²) in [6, 6.07) is 9.97. The van der Waals surface area contributed by atoms with Crippen LogP contribution in [0.3, 0.4) is 0 Å². The van der Waals surface area contributed by atoms with Gasteiger partial charge in [0.2, 0.25) is 5.95 Å². The fourth-order valence-corrected chi connectivity index (χ4v) is 1.56. The zero-order valence-corrected chi connectivity index (χ0v) is 11.4. The van der Waals surface area contributed by atoms with Crippen molar-refractivity contribution < 1.29 is 0 Å². The predicted molar refractivity (Wildman–Crippen MR) is 81.8 cm³/mol. The van der Waals surface area contributed by atoms with Gasteiger partial charge in [-0.1, -0.05) is 36.4 Å². The van der Waals surface area contributed by atoms with Crippen LogP contribution in [0.25, 0.3) is 6.08 Å². The fraction of sp³-hybridized carbons (Fsp3) is 0.133. The quantitative estimate of drug-likeness (QED) is 0.661. The summed E-state index contributed by atoms with van der Waals surface area (Å²) < 4.78 is 0. The van der Waals surface area contributed by atoms with E-state index in [9.17, 15) is 4.79 Å². The van der Waals surface area contributed by atoms with Gasteiger partial charge in [-0.3, -0.25) is 9.78 Å². The lowest BCUT2D eigenvalue weighted by Gasteiger charge is -1.99. The number of aromatic nitrogens is 2. The third-order valence-corrected chi connectivity index (χ3v) is 2.61. The van der Waals surface area contributed by atoms with E-state index in [2.05, 4.69) is 20.5 Å². The molecule has 2 rings (SSSR count). The number of hydrogen-bond acceptors (Lipinski definition) is 4. The first-order chi connectivity index (χ1) is 9.65. The molecule has 102 valence electrons. The molecule has 1 aromatic heterocycles. The number of H-pyrrole nitrogens is 1. The van der Waals surface area contributed by atoms with Gasteiger partial charge in [-0.05, 0) is 25.0 Å². The molecule has 0 fully saturated rings. The molecule has 0 radical (unpaired) electrons. The van der Waals surface area contributed by atoms with E-state index in [0.717, 1.165) is 11.1 Å². The summed E-state index contributed by atoms with van der Waals surface area (Å²) in [6.45, 7) is 3.65. The van der Waals surface area contributed by atoms with Gasteiger partial charge in [0.1, 0.15) is 0 Å². The summed E-state index contributed by atoms with van der Waals surface area (Å²) in [4.78, 5) is 18.0. The summed E-state index contributed by atoms with van der Waals surface area (Å²) in [7, 11) is 0. The molecule has 0 saturated heterocycles. The van der Waals surface area contributed by atoms with Crippen molar-refractivity contribution in [1.82, 2.24) is 9.97 Å². The third kappa shape index (κ3) is 3.91. The number of hydrogen-bond donors (Lipinski definition) is 2. The minimum absolute atomic E-state index is 0.172. The molecule has 0 aliphatic carbocycles. The van der Waals surface area contributed by atoms with Crippen molar-refractivity contribution in [2.45, 2.75) is 13.8 Å². The van der Waals surface area contributed by atoms with Gasteiger partial charge in [-0.2, -0.15) is 5.10 Å². The smallest absolute Gasteiger partial charge is 0.255 e. The largest absolute Gasteiger partial charge is 0.291 e. The Labute approximate surface area is 117 Å². The monoisotopic (exact) mass is 268 g/mol. The minimum Gasteiger partial charge on any atom is -0.291 e. The van der Waals surface area contributed by atoms with Crippen LogP contribution in [0.15, 0.2) is 52.0 Å². The first-order valence-electron chi connectivity index (χ1n) is 6.23. The third-order valence-electron chi connectivity index (χ3n) is 2.61. The van der Waals surface area contributed by atoms with Crippen molar-refractivity contribution in [2.75, 3.05) is 5.43 Å². The molecule has 1 aromatic carbocycles. The maximum atomic E-state index is 11.4. The van der Waals surface area contributed by atoms with Crippen LogP contribution in [-0.4, -0.2) is 16.2 Å². The summed E-state index contributed by atoms with van der Waals surface area (Å²) in [5.74, 6) is 0.323. The first-order valence-corrected chi connectivity index (χ1v) is 6.23. The van der Waals surface area contributed by atoms with Crippen LogP contribution in [0, 0.1) is 6.92 Å². The maximum absolute atomic E-state index is 11.4. The van der Waals surface area contributed by atoms with Crippen LogP contribution in [0.1, 0.15) is 18.1 Å². The van der Waals surface area contributed by atoms with E-state index in [1.165, 1.54) is 6.20 Å². The molecule has 5 nitrogen and oxygen atoms in total. The molecular weight excluding hydrogens is 252 g/mol. The minimum atomic E-state index is -0.172. The van der Waals surface area contributed by atoms with Crippen molar-refractivity contribution in [3.05, 3.63) is 63.6 Å². The van der Waals surface area contributed by atoms with Crippen molar-refractivity contribution in [2.24, 2.45) is 5.10 Å². The number of aryl methyl sites for hydroxylation is 1. The molecule has 0 amide bonds. The van der Waals surface area contributed by atoms with Crippen LogP contribution in [0.5, 0.6) is 0 Å². The summed E-state index contributed by atoms with van der Waals surface area (Å²) in [5, 5.41) is 4.03. The van der Waals surface area contributed by atoms with Gasteiger partial charge in [-0.15, -0.1) is 0 Å². The van der Waals surface area contributed by atoms with Crippen LogP contribution >= 0.6 is 0 Å². The molecule has 0 atom stereocenters. The number of hydrazone groups is 1. The van der Waals surface area contributed by atoms with Crippen molar-refractivity contribution in [1.29, 1.82) is 0 Å². The highest BCUT2D eigenvalue weighted by atomic mass is 16.1. The molecule has 0 bridgehead atoms. The van der Waals surface area contributed by atoms with Crippen LogP contribution in [-0.2, 0) is 0 Å². The molecule has 5 heteroatoms. The Morgan fingerprint density at radius 3 is 2.80 bits per heavy atom. The molecule has 0 saturated carbocycles. The molecule has 20 heavy (non-hydrogen) atoms. The molecule has 0 aliphatic rings. The first kappa shape index (κ1) is 13.7. The van der Waals surface area contributed by atoms with Crippen LogP contribution in [0.2, 0.25) is 0 Å². The van der Waals surface area contributed by atoms with E-state index in [0.29, 0.717) is 11.5 Å². The number of aromatic amines is 1. The number of nitrogens with zero attached hydrogens (tertiary/aromatic N) is 2. The topological polar surface area (TPSA) is 70.1 Å². The molecule has 0 unspecified atom stereocenters. The zero-order chi connectivity index (χ0) is 14.4. The second-order valence-corrected chi connectivity index (χ2v) is 4.41. The Kier molecular flexibility index (Phi) is 4.44. The molecule has 2 N–H and O–H groups in total. The van der Waals surface area contributed by atoms with Gasteiger partial charge in [-0.25, -0.2) is 10.4 Å². The fourth-order valence-electron chi connectivity index (χ4n) is 1.56. The number of rotatable bonds is 4. The van der Waals surface area contributed by atoms with Gasteiger partial charge < -0.3 is 0 Å². The van der Waals surface area contributed by atoms with Gasteiger partial charge in [0.15, 0.2) is 0 Å². The van der Waals surface area contributed by atoms with Crippen molar-refractivity contribution >= 4 is 18.2 Å². The van der Waals surface area contributed by atoms with E-state index in [-0.39, 0.29) is 5.56 Å². The summed E-state index contributed by atoms with van der Waals surface area (Å²) in [6.07, 6.45) is 5.19. The molecule has 1 heterocycles. The average Bonchev–Trinajstić information content (AvgIpc) is 2.44. The van der Waals surface area contributed by atoms with Crippen molar-refractivity contribution in [3.63, 3.8) is 0 Å². The highest BCUT2D eigenvalue weighted by Crippen LogP contribution is 2.04. The lowest BCUT2D eigenvalue weighted by Crippen LogP contribution is -2.12. The molecule has 0 spiro atoms. The lowest BCUT2D eigenvalue weighted by atomic mass is 10.1. The van der Waals surface area contributed by atoms with Crippen molar-refractivity contribution in [3.8, 4) is 0 Å². The highest BCUT2D eigenvalue weighted by Gasteiger charge is 1.95. The molecule has 2 aromatic rings. The van der Waals surface area contributed by atoms with Gasteiger partial charge in [0, 0.05) is 11.8 Å². The van der Waals surface area contributed by atoms with E-state index >= 15 is 0 Å². The van der Waals surface area contributed by atoms with E-state index in [1.807, 2.05) is 43.3 Å². The Bertz CT molecular complexity index is 687. The SMILES string of the molecule is CC(/C=N/Nc1ncc(C)c(=O)[nH]1)=C\c1ccccc1. The Hall–Kier alpha value is -2.69. The highest BCUT2D eigenvalue weighted by molar-refractivity contribution is 5.85. The zero-order valence-electron chi connectivity index (χ0n) is 11.4. The van der Waals surface area contributed by atoms with Gasteiger partial charge in [0.25, 0.3) is 5.56 Å². The second-order valence-electron chi connectivity index (χ2n) is 4.41. The average molecular weight is 268 g/mol. The normalized spacial score (nSPS) is 11.8. The summed E-state index contributed by atoms with van der Waals surface area (Å²) >= 11 is 0. The van der Waals surface area contributed by atoms with E-state index in [4.69, 9.17) is 0 Å². The number of benzene rings is 1. The van der Waals surface area contributed by atoms with E-state index < -0.39 is 0 Å². The van der Waals surface area contributed by atoms with Crippen LogP contribution in [0.4, 0.5) is 5.95 Å². The lowest BCUT2D eigenvalue weighted by molar-refractivity contribution is 1.05. The van der Waals surface area contributed by atoms with E-state index in [1.54, 1.807) is 13.1 Å². The van der Waals surface area contributed by atoms with Gasteiger partial charge in [0.05, 0.1) is 6.21 Å². The number of nitrogens with one attached hydrogen (secondary N) is 2. The number of allylic oxidation sites excluding steroid dienone is 1. The van der Waals surface area contributed by atoms with Gasteiger partial charge >= 0.3 is 0 Å². The second kappa shape index (κ2) is 6.47. The van der Waals surface area contributed by atoms with Crippen LogP contribution < -0.4 is 11.0 Å². The predicted octanol–water partition coefficient (Wildman–Crippen LogP) is 2.58. The molecule has 0 aliphatic heterocycles. The number of anilines is 1. The molecular formula is C15H16N4O. The Morgan fingerprint density at radius 1 is 1.35 bits per heavy atom. The summed E-state index contributed by atoms with van der Waals surface area (Å²) in [5.41, 5.74) is 5.18.